The second-order valence-corrected chi connectivity index (χ2v) is 5.18. The Bertz CT molecular complexity index is 557. The number of fused-ring (bicyclic) bond motifs is 1. The Morgan fingerprint density at radius 3 is 2.94 bits per heavy atom. The summed E-state index contributed by atoms with van der Waals surface area (Å²) in [5, 5.41) is 4.11. The Hall–Kier alpha value is -1.10. The summed E-state index contributed by atoms with van der Waals surface area (Å²) >= 11 is 6.00. The van der Waals surface area contributed by atoms with Crippen molar-refractivity contribution in [2.45, 2.75) is 13.5 Å². The summed E-state index contributed by atoms with van der Waals surface area (Å²) in [4.78, 5) is 7.04. The summed E-state index contributed by atoms with van der Waals surface area (Å²) in [6, 6.07) is 3.83. The van der Waals surface area contributed by atoms with E-state index in [2.05, 4.69) is 26.5 Å². The molecule has 0 atom stereocenters. The van der Waals surface area contributed by atoms with E-state index in [9.17, 15) is 0 Å². The molecule has 0 unspecified atom stereocenters. The molecular formula is C13H17ClN4. The molecule has 0 saturated carbocycles. The Labute approximate surface area is 112 Å². The number of nitrogens with one attached hydrogen (secondary N) is 1. The van der Waals surface area contributed by atoms with Crippen LogP contribution < -0.4 is 5.32 Å². The quantitative estimate of drug-likeness (QED) is 0.896. The minimum absolute atomic E-state index is 0.737. The molecule has 0 radical (unpaired) electrons. The molecule has 2 aromatic rings. The second kappa shape index (κ2) is 4.88. The van der Waals surface area contributed by atoms with E-state index in [1.807, 2.05) is 18.3 Å². The first-order valence-corrected chi connectivity index (χ1v) is 6.68. The SMILES string of the molecule is Cc1nc2cc(Cl)ccn2c1CN1CCNCC1. The van der Waals surface area contributed by atoms with Crippen LogP contribution in [-0.4, -0.2) is 40.5 Å². The molecule has 5 heteroatoms. The monoisotopic (exact) mass is 264 g/mol. The fraction of sp³-hybridized carbons (Fsp3) is 0.462. The smallest absolute Gasteiger partial charge is 0.138 e. The Balaban J connectivity index is 1.92. The van der Waals surface area contributed by atoms with E-state index in [4.69, 9.17) is 11.6 Å². The lowest BCUT2D eigenvalue weighted by Gasteiger charge is -2.27. The van der Waals surface area contributed by atoms with Crippen molar-refractivity contribution in [3.8, 4) is 0 Å². The van der Waals surface area contributed by atoms with Gasteiger partial charge in [0.1, 0.15) is 5.65 Å². The van der Waals surface area contributed by atoms with Crippen LogP contribution in [0.25, 0.3) is 5.65 Å². The highest BCUT2D eigenvalue weighted by molar-refractivity contribution is 6.30. The number of piperazine rings is 1. The van der Waals surface area contributed by atoms with Crippen molar-refractivity contribution in [2.75, 3.05) is 26.2 Å². The lowest BCUT2D eigenvalue weighted by molar-refractivity contribution is 0.230. The van der Waals surface area contributed by atoms with Gasteiger partial charge in [-0.2, -0.15) is 0 Å². The number of aryl methyl sites for hydroxylation is 1. The number of hydrogen-bond acceptors (Lipinski definition) is 3. The summed E-state index contributed by atoms with van der Waals surface area (Å²) in [7, 11) is 0. The molecule has 3 rings (SSSR count). The number of rotatable bonds is 2. The van der Waals surface area contributed by atoms with Crippen LogP contribution in [0.3, 0.4) is 0 Å². The maximum absolute atomic E-state index is 6.00. The van der Waals surface area contributed by atoms with Gasteiger partial charge < -0.3 is 9.72 Å². The summed E-state index contributed by atoms with van der Waals surface area (Å²) < 4.78 is 2.14. The van der Waals surface area contributed by atoms with Crippen LogP contribution in [0.1, 0.15) is 11.4 Å². The molecule has 1 N–H and O–H groups in total. The molecule has 0 aliphatic carbocycles. The lowest BCUT2D eigenvalue weighted by Crippen LogP contribution is -2.43. The average molecular weight is 265 g/mol. The standard InChI is InChI=1S/C13H17ClN4/c1-10-12(9-17-6-3-15-4-7-17)18-5-2-11(14)8-13(18)16-10/h2,5,8,15H,3-4,6-7,9H2,1H3. The van der Waals surface area contributed by atoms with Gasteiger partial charge in [0.05, 0.1) is 11.4 Å². The minimum Gasteiger partial charge on any atom is -0.314 e. The van der Waals surface area contributed by atoms with Crippen LogP contribution >= 0.6 is 11.6 Å². The van der Waals surface area contributed by atoms with Crippen molar-refractivity contribution >= 4 is 17.2 Å². The molecule has 1 saturated heterocycles. The zero-order valence-electron chi connectivity index (χ0n) is 10.5. The van der Waals surface area contributed by atoms with E-state index in [-0.39, 0.29) is 0 Å². The third-order valence-corrected chi connectivity index (χ3v) is 3.71. The minimum atomic E-state index is 0.737. The number of imidazole rings is 1. The van der Waals surface area contributed by atoms with Crippen molar-refractivity contribution in [3.05, 3.63) is 34.7 Å². The predicted molar refractivity (Wildman–Crippen MR) is 73.1 cm³/mol. The molecule has 2 aromatic heterocycles. The van der Waals surface area contributed by atoms with Crippen molar-refractivity contribution in [3.63, 3.8) is 0 Å². The van der Waals surface area contributed by atoms with E-state index < -0.39 is 0 Å². The van der Waals surface area contributed by atoms with Gasteiger partial charge in [-0.05, 0) is 13.0 Å². The van der Waals surface area contributed by atoms with E-state index in [0.717, 1.165) is 49.1 Å². The van der Waals surface area contributed by atoms with Gasteiger partial charge in [-0.25, -0.2) is 4.98 Å². The number of halogens is 1. The number of aromatic nitrogens is 2. The van der Waals surface area contributed by atoms with E-state index >= 15 is 0 Å². The molecule has 0 bridgehead atoms. The van der Waals surface area contributed by atoms with Crippen LogP contribution in [0.15, 0.2) is 18.3 Å². The molecule has 18 heavy (non-hydrogen) atoms. The molecule has 1 aliphatic rings. The number of nitrogens with zero attached hydrogens (tertiary/aromatic N) is 3. The fourth-order valence-electron chi connectivity index (χ4n) is 2.46. The van der Waals surface area contributed by atoms with Crippen molar-refractivity contribution < 1.29 is 0 Å². The molecular weight excluding hydrogens is 248 g/mol. The second-order valence-electron chi connectivity index (χ2n) is 4.74. The highest BCUT2D eigenvalue weighted by Gasteiger charge is 2.15. The largest absolute Gasteiger partial charge is 0.314 e. The predicted octanol–water partition coefficient (Wildman–Crippen LogP) is 1.70. The first-order chi connectivity index (χ1) is 8.74. The number of hydrogen-bond donors (Lipinski definition) is 1. The molecule has 3 heterocycles. The Kier molecular flexibility index (Phi) is 3.24. The maximum Gasteiger partial charge on any atom is 0.138 e. The summed E-state index contributed by atoms with van der Waals surface area (Å²) in [5.74, 6) is 0. The van der Waals surface area contributed by atoms with Gasteiger partial charge in [0.2, 0.25) is 0 Å². The van der Waals surface area contributed by atoms with Gasteiger partial charge in [-0.3, -0.25) is 4.90 Å². The highest BCUT2D eigenvalue weighted by Crippen LogP contribution is 2.18. The third kappa shape index (κ3) is 2.23. The van der Waals surface area contributed by atoms with E-state index in [1.165, 1.54) is 5.69 Å². The molecule has 96 valence electrons. The van der Waals surface area contributed by atoms with Crippen LogP contribution in [0, 0.1) is 6.92 Å². The topological polar surface area (TPSA) is 32.6 Å². The zero-order valence-corrected chi connectivity index (χ0v) is 11.2. The van der Waals surface area contributed by atoms with Gasteiger partial charge in [-0.1, -0.05) is 11.6 Å². The average Bonchev–Trinajstić information content (AvgIpc) is 2.66. The van der Waals surface area contributed by atoms with Gasteiger partial charge in [0.15, 0.2) is 0 Å². The van der Waals surface area contributed by atoms with Crippen molar-refractivity contribution in [2.24, 2.45) is 0 Å². The summed E-state index contributed by atoms with van der Waals surface area (Å²) in [6.07, 6.45) is 2.01. The lowest BCUT2D eigenvalue weighted by atomic mass is 10.3. The van der Waals surface area contributed by atoms with Crippen molar-refractivity contribution in [1.29, 1.82) is 0 Å². The Morgan fingerprint density at radius 2 is 2.17 bits per heavy atom. The van der Waals surface area contributed by atoms with Crippen LogP contribution in [0.5, 0.6) is 0 Å². The first kappa shape index (κ1) is 12.0. The van der Waals surface area contributed by atoms with E-state index in [1.54, 1.807) is 0 Å². The molecule has 0 aromatic carbocycles. The molecule has 0 spiro atoms. The van der Waals surface area contributed by atoms with Crippen LogP contribution in [-0.2, 0) is 6.54 Å². The van der Waals surface area contributed by atoms with Gasteiger partial charge in [-0.15, -0.1) is 0 Å². The number of pyridine rings is 1. The first-order valence-electron chi connectivity index (χ1n) is 6.30. The molecule has 0 amide bonds. The van der Waals surface area contributed by atoms with Crippen LogP contribution in [0.2, 0.25) is 5.02 Å². The van der Waals surface area contributed by atoms with E-state index in [0.29, 0.717) is 0 Å². The molecule has 1 aliphatic heterocycles. The van der Waals surface area contributed by atoms with Gasteiger partial charge in [0, 0.05) is 50.0 Å². The highest BCUT2D eigenvalue weighted by atomic mass is 35.5. The normalized spacial score (nSPS) is 17.4. The summed E-state index contributed by atoms with van der Waals surface area (Å²) in [6.45, 7) is 7.36. The zero-order chi connectivity index (χ0) is 12.5. The van der Waals surface area contributed by atoms with Gasteiger partial charge >= 0.3 is 0 Å². The maximum atomic E-state index is 6.00. The third-order valence-electron chi connectivity index (χ3n) is 3.47. The fourth-order valence-corrected chi connectivity index (χ4v) is 2.61. The van der Waals surface area contributed by atoms with Crippen molar-refractivity contribution in [1.82, 2.24) is 19.6 Å². The molecule has 1 fully saturated rings. The van der Waals surface area contributed by atoms with Crippen LogP contribution in [0.4, 0.5) is 0 Å². The summed E-state index contributed by atoms with van der Waals surface area (Å²) in [5.41, 5.74) is 3.30. The Morgan fingerprint density at radius 1 is 1.39 bits per heavy atom. The molecule has 4 nitrogen and oxygen atoms in total. The van der Waals surface area contributed by atoms with Gasteiger partial charge in [0.25, 0.3) is 0 Å².